The van der Waals surface area contributed by atoms with Gasteiger partial charge in [-0.15, -0.1) is 0 Å². The van der Waals surface area contributed by atoms with Gasteiger partial charge in [0.25, 0.3) is 0 Å². The van der Waals surface area contributed by atoms with Crippen LogP contribution in [0.4, 0.5) is 5.82 Å². The van der Waals surface area contributed by atoms with Crippen LogP contribution < -0.4 is 10.5 Å². The van der Waals surface area contributed by atoms with Gasteiger partial charge in [0.2, 0.25) is 0 Å². The zero-order valence-corrected chi connectivity index (χ0v) is 19.4. The largest absolute Gasteiger partial charge is 0.487 e. The normalized spacial score (nSPS) is 11.2. The molecule has 0 amide bonds. The number of hydrogen-bond acceptors (Lipinski definition) is 5. The number of nitrogens with two attached hydrogens (primary N) is 1. The molecule has 7 heteroatoms. The molecule has 3 aromatic carbocycles. The van der Waals surface area contributed by atoms with Gasteiger partial charge in [-0.25, -0.2) is 4.98 Å². The van der Waals surface area contributed by atoms with E-state index in [1.165, 1.54) is 0 Å². The molecular formula is C28H26N4O3. The standard InChI is InChI=1S/C28H26N4O3/c1-2-13-32-25-10-9-20(19-8-7-18-11-12-30-28(29)22(18)14-19)15-23(25)24(31-32)17-35-26-6-4-3-5-21(26)16-27(33)34/h3-12,14-15H,2,13,16-17H2,1H3,(H2,29,30)(H,33,34). The highest BCUT2D eigenvalue weighted by molar-refractivity contribution is 5.95. The maximum atomic E-state index is 11.2. The molecule has 0 bridgehead atoms. The SMILES string of the molecule is CCCn1nc(COc2ccccc2CC(=O)O)c2cc(-c3ccc4ccnc(N)c4c3)ccc21. The molecule has 2 aromatic heterocycles. The first-order chi connectivity index (χ1) is 17.0. The van der Waals surface area contributed by atoms with Crippen molar-refractivity contribution in [1.82, 2.24) is 14.8 Å². The number of carboxylic acid groups (broad SMARTS) is 1. The van der Waals surface area contributed by atoms with E-state index in [-0.39, 0.29) is 13.0 Å². The Balaban J connectivity index is 1.53. The molecule has 176 valence electrons. The Labute approximate surface area is 202 Å². The molecule has 3 N–H and O–H groups in total. The lowest BCUT2D eigenvalue weighted by Gasteiger charge is -2.09. The number of nitrogen functional groups attached to an aromatic ring is 1. The Bertz CT molecular complexity index is 1540. The van der Waals surface area contributed by atoms with Crippen molar-refractivity contribution in [3.05, 3.63) is 84.2 Å². The van der Waals surface area contributed by atoms with Crippen LogP contribution in [0.25, 0.3) is 32.8 Å². The highest BCUT2D eigenvalue weighted by Gasteiger charge is 2.14. The number of aliphatic carboxylic acids is 1. The molecule has 0 aliphatic heterocycles. The third kappa shape index (κ3) is 4.53. The second-order valence-electron chi connectivity index (χ2n) is 8.50. The maximum Gasteiger partial charge on any atom is 0.307 e. The number of ether oxygens (including phenoxy) is 1. The smallest absolute Gasteiger partial charge is 0.307 e. The van der Waals surface area contributed by atoms with E-state index in [9.17, 15) is 9.90 Å². The molecule has 0 atom stereocenters. The van der Waals surface area contributed by atoms with Crippen molar-refractivity contribution >= 4 is 33.5 Å². The van der Waals surface area contributed by atoms with E-state index >= 15 is 0 Å². The van der Waals surface area contributed by atoms with Crippen molar-refractivity contribution in [2.75, 3.05) is 5.73 Å². The summed E-state index contributed by atoms with van der Waals surface area (Å²) in [7, 11) is 0. The summed E-state index contributed by atoms with van der Waals surface area (Å²) in [5.41, 5.74) is 10.7. The number of anilines is 1. The van der Waals surface area contributed by atoms with Crippen LogP contribution in [0.5, 0.6) is 5.75 Å². The summed E-state index contributed by atoms with van der Waals surface area (Å²) < 4.78 is 8.08. The Morgan fingerprint density at radius 2 is 1.80 bits per heavy atom. The fraction of sp³-hybridized carbons (Fsp3) is 0.179. The first kappa shape index (κ1) is 22.4. The van der Waals surface area contributed by atoms with E-state index in [0.717, 1.165) is 51.5 Å². The number of carbonyl (C=O) groups is 1. The molecule has 2 heterocycles. The van der Waals surface area contributed by atoms with E-state index in [0.29, 0.717) is 17.1 Å². The molecule has 0 aliphatic rings. The van der Waals surface area contributed by atoms with Crippen LogP contribution in [-0.2, 0) is 24.4 Å². The van der Waals surface area contributed by atoms with Gasteiger partial charge >= 0.3 is 5.97 Å². The van der Waals surface area contributed by atoms with Gasteiger partial charge < -0.3 is 15.6 Å². The van der Waals surface area contributed by atoms with Gasteiger partial charge in [0.1, 0.15) is 23.9 Å². The third-order valence-electron chi connectivity index (χ3n) is 6.07. The molecule has 0 radical (unpaired) electrons. The van der Waals surface area contributed by atoms with Gasteiger partial charge in [-0.1, -0.05) is 43.3 Å². The minimum Gasteiger partial charge on any atom is -0.487 e. The lowest BCUT2D eigenvalue weighted by molar-refractivity contribution is -0.136. The summed E-state index contributed by atoms with van der Waals surface area (Å²) in [6, 6.07) is 21.7. The summed E-state index contributed by atoms with van der Waals surface area (Å²) in [6.07, 6.45) is 2.58. The average Bonchev–Trinajstić information content (AvgIpc) is 3.20. The van der Waals surface area contributed by atoms with Crippen molar-refractivity contribution < 1.29 is 14.6 Å². The first-order valence-electron chi connectivity index (χ1n) is 11.6. The number of carboxylic acids is 1. The van der Waals surface area contributed by atoms with Crippen LogP contribution in [-0.4, -0.2) is 25.8 Å². The predicted octanol–water partition coefficient (Wildman–Crippen LogP) is 5.45. The Morgan fingerprint density at radius 1 is 1.03 bits per heavy atom. The van der Waals surface area contributed by atoms with Gasteiger partial charge in [0.15, 0.2) is 0 Å². The fourth-order valence-electron chi connectivity index (χ4n) is 4.38. The molecule has 35 heavy (non-hydrogen) atoms. The second kappa shape index (κ2) is 9.46. The van der Waals surface area contributed by atoms with Crippen molar-refractivity contribution in [3.8, 4) is 16.9 Å². The molecule has 0 unspecified atom stereocenters. The Hall–Kier alpha value is -4.39. The summed E-state index contributed by atoms with van der Waals surface area (Å²) in [6.45, 7) is 3.15. The zero-order chi connectivity index (χ0) is 24.4. The van der Waals surface area contributed by atoms with Crippen LogP contribution in [0.1, 0.15) is 24.6 Å². The summed E-state index contributed by atoms with van der Waals surface area (Å²) in [5, 5.41) is 17.0. The van der Waals surface area contributed by atoms with Gasteiger partial charge in [0.05, 0.1) is 11.9 Å². The quantitative estimate of drug-likeness (QED) is 0.315. The summed E-state index contributed by atoms with van der Waals surface area (Å²) >= 11 is 0. The number of pyridine rings is 1. The van der Waals surface area contributed by atoms with E-state index in [2.05, 4.69) is 48.3 Å². The van der Waals surface area contributed by atoms with Crippen molar-refractivity contribution in [2.24, 2.45) is 0 Å². The summed E-state index contributed by atoms with van der Waals surface area (Å²) in [4.78, 5) is 15.5. The molecule has 0 fully saturated rings. The van der Waals surface area contributed by atoms with Crippen LogP contribution in [0, 0.1) is 0 Å². The molecule has 0 spiro atoms. The van der Waals surface area contributed by atoms with E-state index in [1.807, 2.05) is 22.9 Å². The lowest BCUT2D eigenvalue weighted by Crippen LogP contribution is -2.05. The molecule has 0 aliphatic carbocycles. The minimum absolute atomic E-state index is 0.0920. The molecule has 7 nitrogen and oxygen atoms in total. The Morgan fingerprint density at radius 3 is 2.60 bits per heavy atom. The second-order valence-corrected chi connectivity index (χ2v) is 8.50. The number of fused-ring (bicyclic) bond motifs is 2. The minimum atomic E-state index is -0.894. The highest BCUT2D eigenvalue weighted by atomic mass is 16.5. The predicted molar refractivity (Wildman–Crippen MR) is 137 cm³/mol. The van der Waals surface area contributed by atoms with Crippen LogP contribution >= 0.6 is 0 Å². The number of rotatable bonds is 8. The third-order valence-corrected chi connectivity index (χ3v) is 6.07. The molecule has 5 aromatic rings. The van der Waals surface area contributed by atoms with Crippen LogP contribution in [0.15, 0.2) is 72.9 Å². The monoisotopic (exact) mass is 466 g/mol. The Kier molecular flexibility index (Phi) is 6.06. The van der Waals surface area contributed by atoms with E-state index < -0.39 is 5.97 Å². The van der Waals surface area contributed by atoms with E-state index in [1.54, 1.807) is 18.3 Å². The topological polar surface area (TPSA) is 103 Å². The van der Waals surface area contributed by atoms with E-state index in [4.69, 9.17) is 15.6 Å². The molecule has 0 saturated heterocycles. The number of benzene rings is 3. The number of nitrogens with zero attached hydrogens (tertiary/aromatic N) is 3. The van der Waals surface area contributed by atoms with Gasteiger partial charge in [-0.05, 0) is 53.3 Å². The summed E-state index contributed by atoms with van der Waals surface area (Å²) in [5.74, 6) is 0.173. The number of aromatic nitrogens is 3. The van der Waals surface area contributed by atoms with Crippen molar-refractivity contribution in [3.63, 3.8) is 0 Å². The number of hydrogen-bond donors (Lipinski definition) is 2. The van der Waals surface area contributed by atoms with Crippen molar-refractivity contribution in [2.45, 2.75) is 32.9 Å². The van der Waals surface area contributed by atoms with Crippen LogP contribution in [0.3, 0.4) is 0 Å². The molecular weight excluding hydrogens is 440 g/mol. The van der Waals surface area contributed by atoms with Gasteiger partial charge in [-0.2, -0.15) is 5.10 Å². The maximum absolute atomic E-state index is 11.2. The first-order valence-corrected chi connectivity index (χ1v) is 11.6. The highest BCUT2D eigenvalue weighted by Crippen LogP contribution is 2.31. The van der Waals surface area contributed by atoms with Crippen LogP contribution in [0.2, 0.25) is 0 Å². The zero-order valence-electron chi connectivity index (χ0n) is 19.4. The number of para-hydroxylation sites is 1. The number of aryl methyl sites for hydroxylation is 1. The fourth-order valence-corrected chi connectivity index (χ4v) is 4.38. The average molecular weight is 467 g/mol. The molecule has 0 saturated carbocycles. The van der Waals surface area contributed by atoms with Gasteiger partial charge in [0, 0.05) is 29.1 Å². The molecule has 5 rings (SSSR count). The van der Waals surface area contributed by atoms with Crippen molar-refractivity contribution in [1.29, 1.82) is 0 Å². The lowest BCUT2D eigenvalue weighted by atomic mass is 10.00. The van der Waals surface area contributed by atoms with Gasteiger partial charge in [-0.3, -0.25) is 9.48 Å².